The number of aromatic nitrogens is 3. The van der Waals surface area contributed by atoms with Crippen LogP contribution in [0.15, 0.2) is 54.9 Å². The quantitative estimate of drug-likeness (QED) is 0.515. The number of carbonyl (C=O) groups excluding carboxylic acids is 2. The van der Waals surface area contributed by atoms with Gasteiger partial charge in [0.15, 0.2) is 0 Å². The maximum absolute atomic E-state index is 13.3. The number of nitrogens with zero attached hydrogens (tertiary/aromatic N) is 3. The first-order valence-electron chi connectivity index (χ1n) is 10.1. The maximum atomic E-state index is 13.3. The van der Waals surface area contributed by atoms with Gasteiger partial charge in [0, 0.05) is 31.7 Å². The molecule has 4 rings (SSSR count). The van der Waals surface area contributed by atoms with Crippen LogP contribution in [0.2, 0.25) is 0 Å². The fraction of sp³-hybridized carbons (Fsp3) is 0.273. The molecule has 0 spiro atoms. The van der Waals surface area contributed by atoms with Gasteiger partial charge in [-0.3, -0.25) is 14.6 Å². The lowest BCUT2D eigenvalue weighted by molar-refractivity contribution is -0.119. The lowest BCUT2D eigenvalue weighted by Crippen LogP contribution is -2.38. The van der Waals surface area contributed by atoms with Crippen molar-refractivity contribution in [3.63, 3.8) is 0 Å². The van der Waals surface area contributed by atoms with Gasteiger partial charge in [-0.1, -0.05) is 12.1 Å². The van der Waals surface area contributed by atoms with Crippen LogP contribution >= 0.6 is 0 Å². The summed E-state index contributed by atoms with van der Waals surface area (Å²) in [4.78, 5) is 29.6. The largest absolute Gasteiger partial charge is 0.352 e. The van der Waals surface area contributed by atoms with E-state index < -0.39 is 0 Å². The average Bonchev–Trinajstić information content (AvgIpc) is 3.41. The maximum Gasteiger partial charge on any atom is 0.252 e. The van der Waals surface area contributed by atoms with Gasteiger partial charge in [0.25, 0.3) is 5.91 Å². The van der Waals surface area contributed by atoms with Crippen LogP contribution < -0.4 is 16.1 Å². The Morgan fingerprint density at radius 3 is 2.90 bits per heavy atom. The van der Waals surface area contributed by atoms with Crippen molar-refractivity contribution in [1.29, 1.82) is 0 Å². The van der Waals surface area contributed by atoms with Crippen molar-refractivity contribution in [1.82, 2.24) is 25.5 Å². The van der Waals surface area contributed by atoms with Crippen LogP contribution in [0.25, 0.3) is 11.4 Å². The zero-order valence-corrected chi connectivity index (χ0v) is 16.8. The molecule has 0 bridgehead atoms. The summed E-state index contributed by atoms with van der Waals surface area (Å²) in [6, 6.07) is 11.8. The van der Waals surface area contributed by atoms with E-state index in [4.69, 9.17) is 0 Å². The van der Waals surface area contributed by atoms with Crippen LogP contribution in [0.1, 0.15) is 28.8 Å². The zero-order valence-electron chi connectivity index (χ0n) is 16.8. The molecule has 0 aliphatic carbocycles. The second-order valence-corrected chi connectivity index (χ2v) is 7.36. The summed E-state index contributed by atoms with van der Waals surface area (Å²) in [6.45, 7) is 0.963. The second-order valence-electron chi connectivity index (χ2n) is 7.36. The first-order valence-corrected chi connectivity index (χ1v) is 10.1. The number of benzene rings is 1. The SMILES string of the molecule is O=C1CC[C@H](CNC(=O)c2ccc(-c3ccnn3NCCc3cccc(F)c3)nc2)N1. The van der Waals surface area contributed by atoms with E-state index in [9.17, 15) is 14.0 Å². The van der Waals surface area contributed by atoms with Crippen LogP contribution in [0.3, 0.4) is 0 Å². The van der Waals surface area contributed by atoms with Gasteiger partial charge < -0.3 is 16.1 Å². The van der Waals surface area contributed by atoms with Crippen molar-refractivity contribution in [2.75, 3.05) is 18.5 Å². The highest BCUT2D eigenvalue weighted by molar-refractivity contribution is 5.94. The van der Waals surface area contributed by atoms with E-state index in [-0.39, 0.29) is 23.7 Å². The summed E-state index contributed by atoms with van der Waals surface area (Å²) < 4.78 is 13.3. The molecule has 3 heterocycles. The van der Waals surface area contributed by atoms with Crippen molar-refractivity contribution in [3.05, 3.63) is 71.8 Å². The molecule has 1 aliphatic rings. The Labute approximate surface area is 178 Å². The minimum Gasteiger partial charge on any atom is -0.352 e. The Bertz CT molecular complexity index is 1070. The Balaban J connectivity index is 1.33. The third-order valence-corrected chi connectivity index (χ3v) is 5.09. The molecule has 1 aliphatic heterocycles. The zero-order chi connectivity index (χ0) is 21.6. The number of hydrogen-bond donors (Lipinski definition) is 3. The molecule has 31 heavy (non-hydrogen) atoms. The molecule has 0 radical (unpaired) electrons. The van der Waals surface area contributed by atoms with Gasteiger partial charge in [-0.05, 0) is 48.7 Å². The van der Waals surface area contributed by atoms with Gasteiger partial charge in [-0.2, -0.15) is 9.89 Å². The number of amides is 2. The van der Waals surface area contributed by atoms with Crippen molar-refractivity contribution >= 4 is 11.8 Å². The third kappa shape index (κ3) is 5.25. The van der Waals surface area contributed by atoms with Crippen LogP contribution in [-0.4, -0.2) is 45.8 Å². The summed E-state index contributed by atoms with van der Waals surface area (Å²) in [7, 11) is 0. The average molecular weight is 422 g/mol. The minimum absolute atomic E-state index is 0.0171. The smallest absolute Gasteiger partial charge is 0.252 e. The van der Waals surface area contributed by atoms with Crippen molar-refractivity contribution < 1.29 is 14.0 Å². The highest BCUT2D eigenvalue weighted by Gasteiger charge is 2.21. The van der Waals surface area contributed by atoms with E-state index >= 15 is 0 Å². The molecule has 3 aromatic rings. The van der Waals surface area contributed by atoms with Gasteiger partial charge in [0.2, 0.25) is 5.91 Å². The normalized spacial score (nSPS) is 15.5. The molecule has 9 heteroatoms. The molecule has 0 saturated carbocycles. The van der Waals surface area contributed by atoms with E-state index in [1.54, 1.807) is 29.2 Å². The highest BCUT2D eigenvalue weighted by Crippen LogP contribution is 2.16. The van der Waals surface area contributed by atoms with Gasteiger partial charge in [0.1, 0.15) is 11.5 Å². The molecular weight excluding hydrogens is 399 g/mol. The lowest BCUT2D eigenvalue weighted by Gasteiger charge is -2.12. The Kier molecular flexibility index (Phi) is 6.21. The number of halogens is 1. The summed E-state index contributed by atoms with van der Waals surface area (Å²) in [6.07, 6.45) is 5.04. The molecule has 1 aromatic carbocycles. The van der Waals surface area contributed by atoms with Crippen LogP contribution in [0.4, 0.5) is 4.39 Å². The molecular formula is C22H23FN6O2. The topological polar surface area (TPSA) is 101 Å². The van der Waals surface area contributed by atoms with Crippen LogP contribution in [0.5, 0.6) is 0 Å². The summed E-state index contributed by atoms with van der Waals surface area (Å²) in [5.74, 6) is -0.466. The second kappa shape index (κ2) is 9.38. The number of rotatable bonds is 8. The number of carbonyl (C=O) groups is 2. The molecule has 0 unspecified atom stereocenters. The predicted octanol–water partition coefficient (Wildman–Crippen LogP) is 1.88. The molecule has 2 amide bonds. The first-order chi connectivity index (χ1) is 15.1. The van der Waals surface area contributed by atoms with Crippen LogP contribution in [-0.2, 0) is 11.2 Å². The van der Waals surface area contributed by atoms with Gasteiger partial charge >= 0.3 is 0 Å². The van der Waals surface area contributed by atoms with Crippen molar-refractivity contribution in [3.8, 4) is 11.4 Å². The predicted molar refractivity (Wildman–Crippen MR) is 113 cm³/mol. The molecule has 160 valence electrons. The van der Waals surface area contributed by atoms with Gasteiger partial charge in [-0.25, -0.2) is 4.39 Å². The van der Waals surface area contributed by atoms with Crippen molar-refractivity contribution in [2.24, 2.45) is 0 Å². The molecule has 3 N–H and O–H groups in total. The van der Waals surface area contributed by atoms with Gasteiger partial charge in [0.05, 0.1) is 17.5 Å². The fourth-order valence-electron chi connectivity index (χ4n) is 3.45. The molecule has 1 saturated heterocycles. The third-order valence-electron chi connectivity index (χ3n) is 5.09. The summed E-state index contributed by atoms with van der Waals surface area (Å²) in [5, 5.41) is 9.90. The summed E-state index contributed by atoms with van der Waals surface area (Å²) >= 11 is 0. The number of nitrogens with one attached hydrogen (secondary N) is 3. The van der Waals surface area contributed by atoms with E-state index in [2.05, 4.69) is 26.1 Å². The standard InChI is InChI=1S/C22H23FN6O2/c23-17-3-1-2-15(12-17)8-10-26-29-20(9-11-27-29)19-6-4-16(13-24-19)22(31)25-14-18-5-7-21(30)28-18/h1-4,6,9,11-13,18,26H,5,7-8,10,14H2,(H,25,31)(H,28,30)/t18-/m1/s1. The lowest BCUT2D eigenvalue weighted by atomic mass is 10.1. The van der Waals surface area contributed by atoms with Gasteiger partial charge in [-0.15, -0.1) is 0 Å². The Morgan fingerprint density at radius 2 is 2.16 bits per heavy atom. The monoisotopic (exact) mass is 422 g/mol. The van der Waals surface area contributed by atoms with E-state index in [0.717, 1.165) is 17.7 Å². The molecule has 8 nitrogen and oxygen atoms in total. The first kappa shape index (κ1) is 20.5. The Morgan fingerprint density at radius 1 is 1.26 bits per heavy atom. The van der Waals surface area contributed by atoms with Crippen molar-refractivity contribution in [2.45, 2.75) is 25.3 Å². The minimum atomic E-state index is -0.251. The molecule has 1 fully saturated rings. The fourth-order valence-corrected chi connectivity index (χ4v) is 3.45. The van der Waals surface area contributed by atoms with E-state index in [0.29, 0.717) is 37.2 Å². The van der Waals surface area contributed by atoms with E-state index in [1.807, 2.05) is 12.1 Å². The molecule has 2 aromatic heterocycles. The highest BCUT2D eigenvalue weighted by atomic mass is 19.1. The van der Waals surface area contributed by atoms with E-state index in [1.165, 1.54) is 18.3 Å². The number of hydrogen-bond acceptors (Lipinski definition) is 5. The summed E-state index contributed by atoms with van der Waals surface area (Å²) in [5.41, 5.74) is 5.93. The molecule has 1 atom stereocenters. The Hall–Kier alpha value is -3.75. The number of pyridine rings is 1. The van der Waals surface area contributed by atoms with Crippen LogP contribution in [0, 0.1) is 5.82 Å².